The van der Waals surface area contributed by atoms with Gasteiger partial charge in [-0.1, -0.05) is 26.3 Å². The molecule has 0 spiro atoms. The lowest BCUT2D eigenvalue weighted by Crippen LogP contribution is -2.45. The van der Waals surface area contributed by atoms with Gasteiger partial charge in [-0.3, -0.25) is 4.79 Å². The van der Waals surface area contributed by atoms with Crippen molar-refractivity contribution in [1.82, 2.24) is 15.5 Å². The quantitative estimate of drug-likeness (QED) is 0.855. The van der Waals surface area contributed by atoms with Crippen LogP contribution < -0.4 is 5.32 Å². The second-order valence-electron chi connectivity index (χ2n) is 6.06. The minimum atomic E-state index is -0.939. The molecule has 2 unspecified atom stereocenters. The topological polar surface area (TPSA) is 88.2 Å². The average molecular weight is 317 g/mol. The second-order valence-corrected chi connectivity index (χ2v) is 6.06. The number of rotatable bonds is 6. The van der Waals surface area contributed by atoms with Crippen LogP contribution in [0.1, 0.15) is 43.4 Å². The van der Waals surface area contributed by atoms with E-state index in [1.165, 1.54) is 0 Å². The third-order valence-electron chi connectivity index (χ3n) is 4.18. The highest BCUT2D eigenvalue weighted by Crippen LogP contribution is 2.20. The molecule has 1 aromatic carbocycles. The van der Waals surface area contributed by atoms with E-state index in [-0.39, 0.29) is 18.4 Å². The van der Waals surface area contributed by atoms with Gasteiger partial charge >= 0.3 is 0 Å². The molecule has 2 atom stereocenters. The van der Waals surface area contributed by atoms with Crippen molar-refractivity contribution in [2.45, 2.75) is 39.7 Å². The molecular weight excluding hydrogens is 294 g/mol. The normalized spacial score (nSPS) is 15.0. The maximum atomic E-state index is 12.3. The molecule has 2 aromatic rings. The zero-order valence-corrected chi connectivity index (χ0v) is 14.0. The van der Waals surface area contributed by atoms with Crippen molar-refractivity contribution in [2.75, 3.05) is 6.54 Å². The van der Waals surface area contributed by atoms with Crippen LogP contribution in [-0.4, -0.2) is 33.4 Å². The van der Waals surface area contributed by atoms with Gasteiger partial charge in [0.25, 0.3) is 5.91 Å². The number of hydrogen-bond donors (Lipinski definition) is 2. The number of nitrogens with one attached hydrogen (secondary N) is 1. The summed E-state index contributed by atoms with van der Waals surface area (Å²) in [6, 6.07) is 6.97. The SMILES string of the molecule is CCC(C)C(C)(O)CNC(=O)c1cccc(-c2nnc(C)o2)c1. The van der Waals surface area contributed by atoms with Gasteiger partial charge in [0.1, 0.15) is 0 Å². The third-order valence-corrected chi connectivity index (χ3v) is 4.18. The maximum absolute atomic E-state index is 12.3. The Labute approximate surface area is 135 Å². The fraction of sp³-hybridized carbons (Fsp3) is 0.471. The highest BCUT2D eigenvalue weighted by molar-refractivity contribution is 5.95. The fourth-order valence-electron chi connectivity index (χ4n) is 2.18. The number of aromatic nitrogens is 2. The summed E-state index contributed by atoms with van der Waals surface area (Å²) in [4.78, 5) is 12.3. The first-order valence-corrected chi connectivity index (χ1v) is 7.74. The molecule has 0 aliphatic heterocycles. The third kappa shape index (κ3) is 4.16. The van der Waals surface area contributed by atoms with E-state index in [0.29, 0.717) is 22.9 Å². The van der Waals surface area contributed by atoms with Gasteiger partial charge in [-0.05, 0) is 31.0 Å². The van der Waals surface area contributed by atoms with E-state index in [4.69, 9.17) is 4.42 Å². The number of carbonyl (C=O) groups is 1. The number of aryl methyl sites for hydroxylation is 1. The Morgan fingerprint density at radius 3 is 2.78 bits per heavy atom. The molecule has 1 aromatic heterocycles. The predicted molar refractivity (Wildman–Crippen MR) is 86.9 cm³/mol. The van der Waals surface area contributed by atoms with Crippen LogP contribution in [0, 0.1) is 12.8 Å². The van der Waals surface area contributed by atoms with Crippen LogP contribution in [0.25, 0.3) is 11.5 Å². The zero-order chi connectivity index (χ0) is 17.0. The summed E-state index contributed by atoms with van der Waals surface area (Å²) in [5, 5.41) is 20.9. The Kier molecular flexibility index (Phi) is 5.15. The van der Waals surface area contributed by atoms with Crippen molar-refractivity contribution < 1.29 is 14.3 Å². The van der Waals surface area contributed by atoms with Gasteiger partial charge in [-0.25, -0.2) is 0 Å². The van der Waals surface area contributed by atoms with Gasteiger partial charge in [-0.15, -0.1) is 10.2 Å². The molecule has 0 fully saturated rings. The molecule has 0 radical (unpaired) electrons. The van der Waals surface area contributed by atoms with Gasteiger partial charge in [0.2, 0.25) is 11.8 Å². The number of carbonyl (C=O) groups excluding carboxylic acids is 1. The lowest BCUT2D eigenvalue weighted by Gasteiger charge is -2.29. The molecule has 0 saturated heterocycles. The molecule has 2 rings (SSSR count). The highest BCUT2D eigenvalue weighted by Gasteiger charge is 2.27. The number of hydrogen-bond acceptors (Lipinski definition) is 5. The zero-order valence-electron chi connectivity index (χ0n) is 14.0. The molecule has 0 aliphatic carbocycles. The number of amides is 1. The summed E-state index contributed by atoms with van der Waals surface area (Å²) in [5.41, 5.74) is 0.233. The number of aliphatic hydroxyl groups is 1. The summed E-state index contributed by atoms with van der Waals surface area (Å²) < 4.78 is 5.37. The van der Waals surface area contributed by atoms with Crippen molar-refractivity contribution in [3.05, 3.63) is 35.7 Å². The van der Waals surface area contributed by atoms with E-state index in [1.54, 1.807) is 38.1 Å². The molecule has 1 amide bonds. The summed E-state index contributed by atoms with van der Waals surface area (Å²) in [5.74, 6) is 0.699. The van der Waals surface area contributed by atoms with Gasteiger partial charge in [0.15, 0.2) is 0 Å². The van der Waals surface area contributed by atoms with Crippen molar-refractivity contribution in [3.63, 3.8) is 0 Å². The van der Waals surface area contributed by atoms with Gasteiger partial charge in [0.05, 0.1) is 5.60 Å². The Morgan fingerprint density at radius 1 is 1.43 bits per heavy atom. The van der Waals surface area contributed by atoms with Crippen LogP contribution in [0.15, 0.2) is 28.7 Å². The summed E-state index contributed by atoms with van der Waals surface area (Å²) in [7, 11) is 0. The molecule has 0 aliphatic rings. The molecule has 124 valence electrons. The second kappa shape index (κ2) is 6.91. The molecule has 0 saturated carbocycles. The number of nitrogens with zero attached hydrogens (tertiary/aromatic N) is 2. The maximum Gasteiger partial charge on any atom is 0.251 e. The molecule has 0 bridgehead atoms. The average Bonchev–Trinajstić information content (AvgIpc) is 2.98. The first-order chi connectivity index (χ1) is 10.8. The summed E-state index contributed by atoms with van der Waals surface area (Å²) in [6.45, 7) is 7.62. The Morgan fingerprint density at radius 2 is 2.17 bits per heavy atom. The smallest absolute Gasteiger partial charge is 0.251 e. The largest absolute Gasteiger partial charge is 0.421 e. The standard InChI is InChI=1S/C17H23N3O3/c1-5-11(2)17(4,22)10-18-15(21)13-7-6-8-14(9-13)16-20-19-12(3)23-16/h6-9,11,22H,5,10H2,1-4H3,(H,18,21). The Balaban J connectivity index is 2.08. The lowest BCUT2D eigenvalue weighted by atomic mass is 9.88. The predicted octanol–water partition coefficient (Wildman–Crippen LogP) is 2.57. The van der Waals surface area contributed by atoms with E-state index < -0.39 is 5.60 Å². The van der Waals surface area contributed by atoms with Crippen molar-refractivity contribution >= 4 is 5.91 Å². The molecule has 1 heterocycles. The number of benzene rings is 1. The van der Waals surface area contributed by atoms with E-state index in [9.17, 15) is 9.90 Å². The van der Waals surface area contributed by atoms with E-state index in [0.717, 1.165) is 6.42 Å². The molecule has 6 nitrogen and oxygen atoms in total. The fourth-order valence-corrected chi connectivity index (χ4v) is 2.18. The van der Waals surface area contributed by atoms with Crippen LogP contribution in [-0.2, 0) is 0 Å². The first-order valence-electron chi connectivity index (χ1n) is 7.74. The molecular formula is C17H23N3O3. The van der Waals surface area contributed by atoms with Gasteiger partial charge in [-0.2, -0.15) is 0 Å². The van der Waals surface area contributed by atoms with Crippen molar-refractivity contribution in [2.24, 2.45) is 5.92 Å². The summed E-state index contributed by atoms with van der Waals surface area (Å²) >= 11 is 0. The minimum absolute atomic E-state index is 0.0931. The monoisotopic (exact) mass is 317 g/mol. The van der Waals surface area contributed by atoms with Crippen LogP contribution in [0.4, 0.5) is 0 Å². The first kappa shape index (κ1) is 17.1. The molecule has 23 heavy (non-hydrogen) atoms. The van der Waals surface area contributed by atoms with E-state index >= 15 is 0 Å². The highest BCUT2D eigenvalue weighted by atomic mass is 16.4. The van der Waals surface area contributed by atoms with Crippen LogP contribution in [0.5, 0.6) is 0 Å². The van der Waals surface area contributed by atoms with E-state index in [1.807, 2.05) is 13.8 Å². The Bertz CT molecular complexity index is 679. The van der Waals surface area contributed by atoms with Crippen LogP contribution in [0.3, 0.4) is 0 Å². The lowest BCUT2D eigenvalue weighted by molar-refractivity contribution is 0.00593. The van der Waals surface area contributed by atoms with Gasteiger partial charge < -0.3 is 14.8 Å². The molecule has 6 heteroatoms. The van der Waals surface area contributed by atoms with Crippen LogP contribution >= 0.6 is 0 Å². The van der Waals surface area contributed by atoms with Crippen LogP contribution in [0.2, 0.25) is 0 Å². The Hall–Kier alpha value is -2.21. The summed E-state index contributed by atoms with van der Waals surface area (Å²) in [6.07, 6.45) is 0.842. The molecule has 2 N–H and O–H groups in total. The van der Waals surface area contributed by atoms with E-state index in [2.05, 4.69) is 15.5 Å². The minimum Gasteiger partial charge on any atom is -0.421 e. The van der Waals surface area contributed by atoms with Crippen molar-refractivity contribution in [1.29, 1.82) is 0 Å². The van der Waals surface area contributed by atoms with Crippen molar-refractivity contribution in [3.8, 4) is 11.5 Å². The van der Waals surface area contributed by atoms with Gasteiger partial charge in [0, 0.05) is 24.6 Å².